The van der Waals surface area contributed by atoms with Gasteiger partial charge in [0, 0.05) is 12.6 Å². The molecule has 1 saturated heterocycles. The van der Waals surface area contributed by atoms with Crippen molar-refractivity contribution in [3.05, 3.63) is 0 Å². The first-order valence-electron chi connectivity index (χ1n) is 4.52. The highest BCUT2D eigenvalue weighted by Gasteiger charge is 2.45. The number of carbonyl (C=O) groups is 1. The predicted octanol–water partition coefficient (Wildman–Crippen LogP) is 0.162. The van der Waals surface area contributed by atoms with E-state index >= 15 is 0 Å². The normalized spacial score (nSPS) is 37.7. The second-order valence-electron chi connectivity index (χ2n) is 4.13. The number of aliphatic carboxylic acids is 1. The summed E-state index contributed by atoms with van der Waals surface area (Å²) >= 11 is 0. The van der Waals surface area contributed by atoms with E-state index in [2.05, 4.69) is 0 Å². The molecule has 13 heavy (non-hydrogen) atoms. The Morgan fingerprint density at radius 3 is 2.54 bits per heavy atom. The van der Waals surface area contributed by atoms with Crippen LogP contribution in [0.3, 0.4) is 0 Å². The zero-order valence-corrected chi connectivity index (χ0v) is 8.32. The Morgan fingerprint density at radius 1 is 1.69 bits per heavy atom. The quantitative estimate of drug-likeness (QED) is 0.646. The monoisotopic (exact) mass is 187 g/mol. The first-order valence-corrected chi connectivity index (χ1v) is 4.52. The summed E-state index contributed by atoms with van der Waals surface area (Å²) < 4.78 is 0. The Labute approximate surface area is 78.2 Å². The van der Waals surface area contributed by atoms with Gasteiger partial charge in [0.05, 0.1) is 11.5 Å². The highest BCUT2D eigenvalue weighted by Crippen LogP contribution is 2.32. The number of nitrogens with zero attached hydrogens (tertiary/aromatic N) is 1. The number of carboxylic acid groups (broad SMARTS) is 1. The Balaban J connectivity index is 2.74. The van der Waals surface area contributed by atoms with Crippen molar-refractivity contribution in [3.8, 4) is 0 Å². The molecule has 4 heteroatoms. The summed E-state index contributed by atoms with van der Waals surface area (Å²) in [6.07, 6.45) is 0.539. The lowest BCUT2D eigenvalue weighted by molar-refractivity contribution is -0.150. The van der Waals surface area contributed by atoms with Gasteiger partial charge in [0.25, 0.3) is 0 Å². The van der Waals surface area contributed by atoms with Crippen LogP contribution in [0.5, 0.6) is 0 Å². The Hall–Kier alpha value is -0.610. The Bertz CT molecular complexity index is 207. The number of carboxylic acids is 1. The largest absolute Gasteiger partial charge is 0.481 e. The summed E-state index contributed by atoms with van der Waals surface area (Å²) in [5, 5.41) is 18.9. The second-order valence-corrected chi connectivity index (χ2v) is 4.13. The molecule has 3 atom stereocenters. The molecule has 1 rings (SSSR count). The lowest BCUT2D eigenvalue weighted by Crippen LogP contribution is -2.42. The fourth-order valence-electron chi connectivity index (χ4n) is 1.86. The van der Waals surface area contributed by atoms with Crippen molar-refractivity contribution in [1.29, 1.82) is 0 Å². The molecule has 2 N–H and O–H groups in total. The molecule has 0 aromatic carbocycles. The molecule has 3 unspecified atom stereocenters. The summed E-state index contributed by atoms with van der Waals surface area (Å²) in [5.41, 5.74) is -1.06. The molecule has 1 aliphatic rings. The van der Waals surface area contributed by atoms with Crippen molar-refractivity contribution in [3.63, 3.8) is 0 Å². The van der Waals surface area contributed by atoms with E-state index < -0.39 is 17.5 Å². The van der Waals surface area contributed by atoms with E-state index in [1.54, 1.807) is 6.92 Å². The maximum atomic E-state index is 10.7. The van der Waals surface area contributed by atoms with Crippen molar-refractivity contribution in [2.24, 2.45) is 5.92 Å². The molecule has 0 aromatic heterocycles. The summed E-state index contributed by atoms with van der Waals surface area (Å²) in [6.45, 7) is 4.00. The third-order valence-electron chi connectivity index (χ3n) is 3.10. The lowest BCUT2D eigenvalue weighted by Gasteiger charge is -2.26. The van der Waals surface area contributed by atoms with E-state index in [1.807, 2.05) is 18.9 Å². The highest BCUT2D eigenvalue weighted by atomic mass is 16.4. The second kappa shape index (κ2) is 3.27. The molecule has 0 spiro atoms. The summed E-state index contributed by atoms with van der Waals surface area (Å²) in [5.74, 6) is -1.62. The summed E-state index contributed by atoms with van der Waals surface area (Å²) in [7, 11) is 1.90. The zero-order chi connectivity index (χ0) is 10.2. The predicted molar refractivity (Wildman–Crippen MR) is 48.5 cm³/mol. The van der Waals surface area contributed by atoms with E-state index in [0.717, 1.165) is 0 Å². The van der Waals surface area contributed by atoms with Crippen LogP contribution >= 0.6 is 0 Å². The maximum Gasteiger partial charge on any atom is 0.309 e. The number of likely N-dealkylation sites (N-methyl/N-ethyl adjacent to an activating group) is 1. The number of hydrogen-bond donors (Lipinski definition) is 2. The van der Waals surface area contributed by atoms with Crippen LogP contribution in [0.2, 0.25) is 0 Å². The Kier molecular flexibility index (Phi) is 2.63. The molecule has 0 aliphatic carbocycles. The SMILES string of the molecule is CC1CC(O)(C(C)C(=O)O)CN1C. The highest BCUT2D eigenvalue weighted by molar-refractivity contribution is 5.71. The molecule has 0 amide bonds. The van der Waals surface area contributed by atoms with Crippen molar-refractivity contribution in [1.82, 2.24) is 4.90 Å². The van der Waals surface area contributed by atoms with Gasteiger partial charge in [-0.05, 0) is 27.3 Å². The van der Waals surface area contributed by atoms with Crippen molar-refractivity contribution < 1.29 is 15.0 Å². The van der Waals surface area contributed by atoms with Gasteiger partial charge in [-0.15, -0.1) is 0 Å². The van der Waals surface area contributed by atoms with Gasteiger partial charge in [-0.3, -0.25) is 4.79 Å². The van der Waals surface area contributed by atoms with Gasteiger partial charge in [0.15, 0.2) is 0 Å². The van der Waals surface area contributed by atoms with Crippen LogP contribution in [0, 0.1) is 5.92 Å². The number of hydrogen-bond acceptors (Lipinski definition) is 3. The molecule has 0 bridgehead atoms. The van der Waals surface area contributed by atoms with Gasteiger partial charge < -0.3 is 15.1 Å². The number of likely N-dealkylation sites (tertiary alicyclic amines) is 1. The van der Waals surface area contributed by atoms with E-state index in [-0.39, 0.29) is 6.04 Å². The molecule has 76 valence electrons. The minimum atomic E-state index is -1.06. The summed E-state index contributed by atoms with van der Waals surface area (Å²) in [6, 6.07) is 0.256. The average molecular weight is 187 g/mol. The Morgan fingerprint density at radius 2 is 2.23 bits per heavy atom. The lowest BCUT2D eigenvalue weighted by atomic mass is 9.87. The number of β-amino-alcohol motifs (C(OH)–C–C–N with tert-alkyl or cyclic N) is 1. The molecule has 1 fully saturated rings. The first kappa shape index (κ1) is 10.5. The van der Waals surface area contributed by atoms with Gasteiger partial charge in [-0.2, -0.15) is 0 Å². The summed E-state index contributed by atoms with van der Waals surface area (Å²) in [4.78, 5) is 12.7. The third kappa shape index (κ3) is 1.84. The molecule has 0 saturated carbocycles. The molecule has 4 nitrogen and oxygen atoms in total. The van der Waals surface area contributed by atoms with Crippen LogP contribution in [-0.2, 0) is 4.79 Å². The fourth-order valence-corrected chi connectivity index (χ4v) is 1.86. The van der Waals surface area contributed by atoms with E-state index in [9.17, 15) is 9.90 Å². The van der Waals surface area contributed by atoms with Crippen molar-refractivity contribution >= 4 is 5.97 Å². The van der Waals surface area contributed by atoms with E-state index in [4.69, 9.17) is 5.11 Å². The molecule has 1 heterocycles. The topological polar surface area (TPSA) is 60.8 Å². The van der Waals surface area contributed by atoms with Crippen molar-refractivity contribution in [2.75, 3.05) is 13.6 Å². The van der Waals surface area contributed by atoms with Crippen LogP contribution in [0.1, 0.15) is 20.3 Å². The maximum absolute atomic E-state index is 10.7. The minimum absolute atomic E-state index is 0.256. The average Bonchev–Trinajstić information content (AvgIpc) is 2.26. The van der Waals surface area contributed by atoms with Crippen LogP contribution in [-0.4, -0.2) is 46.3 Å². The van der Waals surface area contributed by atoms with Gasteiger partial charge in [-0.25, -0.2) is 0 Å². The minimum Gasteiger partial charge on any atom is -0.481 e. The van der Waals surface area contributed by atoms with Crippen LogP contribution < -0.4 is 0 Å². The van der Waals surface area contributed by atoms with Crippen molar-refractivity contribution in [2.45, 2.75) is 31.9 Å². The standard InChI is InChI=1S/C9H17NO3/c1-6-4-9(13,5-10(6)3)7(2)8(11)12/h6-7,13H,4-5H2,1-3H3,(H,11,12). The smallest absolute Gasteiger partial charge is 0.309 e. The fraction of sp³-hybridized carbons (Fsp3) is 0.889. The number of rotatable bonds is 2. The van der Waals surface area contributed by atoms with Crippen LogP contribution in [0.4, 0.5) is 0 Å². The van der Waals surface area contributed by atoms with Gasteiger partial charge in [-0.1, -0.05) is 0 Å². The molecule has 0 radical (unpaired) electrons. The van der Waals surface area contributed by atoms with Gasteiger partial charge in [0.1, 0.15) is 0 Å². The van der Waals surface area contributed by atoms with Gasteiger partial charge >= 0.3 is 5.97 Å². The number of aliphatic hydroxyl groups is 1. The first-order chi connectivity index (χ1) is 5.87. The molecule has 1 aliphatic heterocycles. The van der Waals surface area contributed by atoms with Crippen LogP contribution in [0.25, 0.3) is 0 Å². The molecule has 0 aromatic rings. The van der Waals surface area contributed by atoms with E-state index in [0.29, 0.717) is 13.0 Å². The molecular weight excluding hydrogens is 170 g/mol. The zero-order valence-electron chi connectivity index (χ0n) is 8.32. The van der Waals surface area contributed by atoms with E-state index in [1.165, 1.54) is 0 Å². The molecular formula is C9H17NO3. The third-order valence-corrected chi connectivity index (χ3v) is 3.10. The van der Waals surface area contributed by atoms with Gasteiger partial charge in [0.2, 0.25) is 0 Å². The van der Waals surface area contributed by atoms with Crippen LogP contribution in [0.15, 0.2) is 0 Å².